The number of benzene rings is 2. The molecule has 0 atom stereocenters. The van der Waals surface area contributed by atoms with Crippen molar-refractivity contribution in [2.45, 2.75) is 6.54 Å². The van der Waals surface area contributed by atoms with E-state index in [2.05, 4.69) is 31.6 Å². The Balaban J connectivity index is 1.36. The third kappa shape index (κ3) is 4.17. The maximum atomic E-state index is 12.2. The van der Waals surface area contributed by atoms with Gasteiger partial charge >= 0.3 is 0 Å². The molecule has 1 amide bonds. The van der Waals surface area contributed by atoms with Crippen LogP contribution in [0.4, 0.5) is 0 Å². The van der Waals surface area contributed by atoms with Crippen LogP contribution in [0, 0.1) is 0 Å². The van der Waals surface area contributed by atoms with Crippen molar-refractivity contribution in [2.75, 3.05) is 6.79 Å². The van der Waals surface area contributed by atoms with Crippen molar-refractivity contribution in [3.8, 4) is 11.5 Å². The molecule has 0 aliphatic carbocycles. The van der Waals surface area contributed by atoms with Crippen LogP contribution < -0.4 is 14.9 Å². The second-order valence-corrected chi connectivity index (χ2v) is 6.76. The fraction of sp³-hybridized carbons (Fsp3) is 0.105. The smallest absolute Gasteiger partial charge is 0.291 e. The molecule has 1 aliphatic rings. The number of hydrogen-bond acceptors (Lipinski definition) is 5. The van der Waals surface area contributed by atoms with Crippen molar-refractivity contribution < 1.29 is 14.3 Å². The van der Waals surface area contributed by atoms with Gasteiger partial charge in [-0.15, -0.1) is 0 Å². The first-order valence-corrected chi connectivity index (χ1v) is 8.98. The summed E-state index contributed by atoms with van der Waals surface area (Å²) in [5, 5.41) is 8.26. The monoisotopic (exact) mass is 426 g/mol. The maximum Gasteiger partial charge on any atom is 0.291 e. The van der Waals surface area contributed by atoms with E-state index in [1.807, 2.05) is 30.3 Å². The normalized spacial score (nSPS) is 12.5. The van der Waals surface area contributed by atoms with Gasteiger partial charge in [0.1, 0.15) is 0 Å². The highest BCUT2D eigenvalue weighted by Gasteiger charge is 2.13. The Morgan fingerprint density at radius 2 is 2.11 bits per heavy atom. The SMILES string of the molecule is O=C(NN=Cc1ccc2c(c1)OCO2)c1ccn(Cc2cccc(Br)c2)n1. The van der Waals surface area contributed by atoms with E-state index in [0.29, 0.717) is 23.7 Å². The van der Waals surface area contributed by atoms with Gasteiger partial charge in [0.05, 0.1) is 12.8 Å². The Morgan fingerprint density at radius 3 is 3.00 bits per heavy atom. The predicted octanol–water partition coefficient (Wildman–Crippen LogP) is 3.19. The number of hydrazone groups is 1. The zero-order valence-corrected chi connectivity index (χ0v) is 15.7. The number of hydrogen-bond donors (Lipinski definition) is 1. The number of carbonyl (C=O) groups excluding carboxylic acids is 1. The molecular weight excluding hydrogens is 412 g/mol. The van der Waals surface area contributed by atoms with Crippen LogP contribution in [0.25, 0.3) is 0 Å². The van der Waals surface area contributed by atoms with E-state index in [0.717, 1.165) is 15.6 Å². The molecule has 0 fully saturated rings. The Kier molecular flexibility index (Phi) is 4.88. The van der Waals surface area contributed by atoms with Crippen LogP contribution in [0.5, 0.6) is 11.5 Å². The number of rotatable bonds is 5. The molecule has 7 nitrogen and oxygen atoms in total. The summed E-state index contributed by atoms with van der Waals surface area (Å²) in [7, 11) is 0. The lowest BCUT2D eigenvalue weighted by atomic mass is 10.2. The molecular formula is C19H15BrN4O3. The third-order valence-electron chi connectivity index (χ3n) is 3.88. The lowest BCUT2D eigenvalue weighted by Crippen LogP contribution is -2.18. The van der Waals surface area contributed by atoms with E-state index < -0.39 is 0 Å². The zero-order valence-electron chi connectivity index (χ0n) is 14.1. The van der Waals surface area contributed by atoms with E-state index in [4.69, 9.17) is 9.47 Å². The lowest BCUT2D eigenvalue weighted by molar-refractivity contribution is 0.0949. The van der Waals surface area contributed by atoms with E-state index >= 15 is 0 Å². The molecule has 3 aromatic rings. The van der Waals surface area contributed by atoms with Crippen molar-refractivity contribution in [2.24, 2.45) is 5.10 Å². The first-order chi connectivity index (χ1) is 13.2. The van der Waals surface area contributed by atoms with Gasteiger partial charge in [0, 0.05) is 10.7 Å². The molecule has 2 aromatic carbocycles. The largest absolute Gasteiger partial charge is 0.454 e. The highest BCUT2D eigenvalue weighted by molar-refractivity contribution is 9.10. The molecule has 0 spiro atoms. The molecule has 1 aromatic heterocycles. The molecule has 1 N–H and O–H groups in total. The van der Waals surface area contributed by atoms with Crippen molar-refractivity contribution in [3.63, 3.8) is 0 Å². The minimum Gasteiger partial charge on any atom is -0.454 e. The number of halogens is 1. The summed E-state index contributed by atoms with van der Waals surface area (Å²) in [6, 6.07) is 15.0. The minimum absolute atomic E-state index is 0.218. The molecule has 0 saturated carbocycles. The Bertz CT molecular complexity index is 1020. The van der Waals surface area contributed by atoms with Crippen molar-refractivity contribution in [1.29, 1.82) is 0 Å². The minimum atomic E-state index is -0.375. The molecule has 27 heavy (non-hydrogen) atoms. The summed E-state index contributed by atoms with van der Waals surface area (Å²) < 4.78 is 13.3. The number of nitrogens with one attached hydrogen (secondary N) is 1. The van der Waals surface area contributed by atoms with Gasteiger partial charge in [-0.05, 0) is 47.5 Å². The van der Waals surface area contributed by atoms with Crippen LogP contribution in [0.3, 0.4) is 0 Å². The number of amides is 1. The highest BCUT2D eigenvalue weighted by Crippen LogP contribution is 2.31. The Morgan fingerprint density at radius 1 is 1.22 bits per heavy atom. The van der Waals surface area contributed by atoms with Crippen LogP contribution >= 0.6 is 15.9 Å². The van der Waals surface area contributed by atoms with Crippen LogP contribution in [-0.4, -0.2) is 28.7 Å². The van der Waals surface area contributed by atoms with Gasteiger partial charge in [0.15, 0.2) is 17.2 Å². The average molecular weight is 427 g/mol. The van der Waals surface area contributed by atoms with Crippen LogP contribution in [0.1, 0.15) is 21.6 Å². The average Bonchev–Trinajstić information content (AvgIpc) is 3.30. The first-order valence-electron chi connectivity index (χ1n) is 8.18. The van der Waals surface area contributed by atoms with Gasteiger partial charge in [-0.1, -0.05) is 28.1 Å². The van der Waals surface area contributed by atoms with Crippen molar-refractivity contribution in [3.05, 3.63) is 76.0 Å². The van der Waals surface area contributed by atoms with E-state index in [1.54, 1.807) is 35.3 Å². The molecule has 0 unspecified atom stereocenters. The summed E-state index contributed by atoms with van der Waals surface area (Å²) in [6.07, 6.45) is 3.30. The number of ether oxygens (including phenoxy) is 2. The highest BCUT2D eigenvalue weighted by atomic mass is 79.9. The summed E-state index contributed by atoms with van der Waals surface area (Å²) in [6.45, 7) is 0.794. The molecule has 8 heteroatoms. The van der Waals surface area contributed by atoms with Gasteiger partial charge in [-0.2, -0.15) is 10.2 Å². The zero-order chi connectivity index (χ0) is 18.6. The summed E-state index contributed by atoms with van der Waals surface area (Å²) in [4.78, 5) is 12.2. The number of nitrogens with zero attached hydrogens (tertiary/aromatic N) is 3. The van der Waals surface area contributed by atoms with Crippen molar-refractivity contribution in [1.82, 2.24) is 15.2 Å². The first kappa shape index (κ1) is 17.3. The Hall–Kier alpha value is -3.13. The second kappa shape index (κ2) is 7.63. The number of carbonyl (C=O) groups is 1. The molecule has 2 heterocycles. The standard InChI is InChI=1S/C19H15BrN4O3/c20-15-3-1-2-14(8-15)11-24-7-6-16(23-24)19(25)22-21-10-13-4-5-17-18(9-13)27-12-26-17/h1-10H,11-12H2,(H,22,25). The third-order valence-corrected chi connectivity index (χ3v) is 4.38. The second-order valence-electron chi connectivity index (χ2n) is 5.84. The van der Waals surface area contributed by atoms with Gasteiger partial charge in [-0.25, -0.2) is 5.43 Å². The van der Waals surface area contributed by atoms with Gasteiger partial charge in [0.2, 0.25) is 6.79 Å². The molecule has 4 rings (SSSR count). The van der Waals surface area contributed by atoms with Gasteiger partial charge < -0.3 is 9.47 Å². The van der Waals surface area contributed by atoms with E-state index in [1.165, 1.54) is 0 Å². The summed E-state index contributed by atoms with van der Waals surface area (Å²) >= 11 is 3.44. The number of fused-ring (bicyclic) bond motifs is 1. The van der Waals surface area contributed by atoms with Gasteiger partial charge in [-0.3, -0.25) is 9.48 Å². The van der Waals surface area contributed by atoms with E-state index in [9.17, 15) is 4.79 Å². The maximum absolute atomic E-state index is 12.2. The molecule has 0 radical (unpaired) electrons. The summed E-state index contributed by atoms with van der Waals surface area (Å²) in [5.74, 6) is 0.990. The van der Waals surface area contributed by atoms with E-state index in [-0.39, 0.29) is 12.7 Å². The van der Waals surface area contributed by atoms with Crippen LogP contribution in [-0.2, 0) is 6.54 Å². The predicted molar refractivity (Wildman–Crippen MR) is 103 cm³/mol. The molecule has 0 saturated heterocycles. The van der Waals surface area contributed by atoms with Gasteiger partial charge in [0.25, 0.3) is 5.91 Å². The summed E-state index contributed by atoms with van der Waals surface area (Å²) in [5.41, 5.74) is 4.65. The lowest BCUT2D eigenvalue weighted by Gasteiger charge is -2.02. The van der Waals surface area contributed by atoms with Crippen molar-refractivity contribution >= 4 is 28.1 Å². The fourth-order valence-corrected chi connectivity index (χ4v) is 3.06. The van der Waals surface area contributed by atoms with Crippen LogP contribution in [0.15, 0.2) is 64.3 Å². The fourth-order valence-electron chi connectivity index (χ4n) is 2.61. The topological polar surface area (TPSA) is 77.7 Å². The van der Waals surface area contributed by atoms with Crippen LogP contribution in [0.2, 0.25) is 0 Å². The Labute approximate surface area is 163 Å². The quantitative estimate of drug-likeness (QED) is 0.501. The number of aromatic nitrogens is 2. The molecule has 1 aliphatic heterocycles. The molecule has 136 valence electrons. The molecule has 0 bridgehead atoms.